The zero-order valence-electron chi connectivity index (χ0n) is 8.98. The zero-order valence-corrected chi connectivity index (χ0v) is 10.5. The van der Waals surface area contributed by atoms with Crippen LogP contribution in [0.5, 0.6) is 0 Å². The van der Waals surface area contributed by atoms with Crippen LogP contribution in [0.3, 0.4) is 0 Å². The van der Waals surface area contributed by atoms with Crippen LogP contribution in [-0.2, 0) is 4.79 Å². The van der Waals surface area contributed by atoms with E-state index >= 15 is 0 Å². The molecule has 0 saturated heterocycles. The first kappa shape index (κ1) is 15.1. The lowest BCUT2D eigenvalue weighted by molar-refractivity contribution is -0.242. The maximum atomic E-state index is 12.4. The first-order valence-corrected chi connectivity index (χ1v) is 5.37. The van der Waals surface area contributed by atoms with Crippen LogP contribution >= 0.6 is 23.2 Å². The number of alkyl halides is 3. The largest absolute Gasteiger partial charge is 0.426 e. The minimum absolute atomic E-state index is 0.0705. The molecule has 3 nitrogen and oxygen atoms in total. The van der Waals surface area contributed by atoms with Crippen LogP contribution in [0.4, 0.5) is 18.9 Å². The number of hydrogen-bond donors (Lipinski definition) is 2. The second-order valence-corrected chi connectivity index (χ2v) is 4.41. The van der Waals surface area contributed by atoms with Gasteiger partial charge in [0.2, 0.25) is 5.60 Å². The molecule has 18 heavy (non-hydrogen) atoms. The molecule has 8 heteroatoms. The molecular formula is C10H8Cl2F3NO2. The predicted octanol–water partition coefficient (Wildman–Crippen LogP) is 3.25. The molecule has 0 unspecified atom stereocenters. The van der Waals surface area contributed by atoms with E-state index in [-0.39, 0.29) is 15.7 Å². The third-order valence-electron chi connectivity index (χ3n) is 2.19. The first-order valence-electron chi connectivity index (χ1n) is 4.62. The molecule has 1 rings (SSSR count). The maximum absolute atomic E-state index is 12.4. The molecule has 0 saturated carbocycles. The second kappa shape index (κ2) is 4.95. The highest BCUT2D eigenvalue weighted by Crippen LogP contribution is 2.33. The third-order valence-corrected chi connectivity index (χ3v) is 3.01. The summed E-state index contributed by atoms with van der Waals surface area (Å²) < 4.78 is 37.2. The zero-order chi connectivity index (χ0) is 14.1. The molecule has 0 fully saturated rings. The van der Waals surface area contributed by atoms with Crippen molar-refractivity contribution in [3.05, 3.63) is 28.2 Å². The van der Waals surface area contributed by atoms with E-state index in [2.05, 4.69) is 0 Å². The molecule has 0 bridgehead atoms. The number of benzene rings is 1. The minimum Gasteiger partial charge on any atom is -0.373 e. The second-order valence-electron chi connectivity index (χ2n) is 3.63. The van der Waals surface area contributed by atoms with Gasteiger partial charge in [-0.15, -0.1) is 0 Å². The van der Waals surface area contributed by atoms with Crippen molar-refractivity contribution in [3.63, 3.8) is 0 Å². The molecule has 0 aliphatic rings. The topological polar surface area (TPSA) is 49.3 Å². The summed E-state index contributed by atoms with van der Waals surface area (Å²) in [5.74, 6) is -1.64. The fraction of sp³-hybridized carbons (Fsp3) is 0.300. The highest BCUT2D eigenvalue weighted by molar-refractivity contribution is 6.44. The quantitative estimate of drug-likeness (QED) is 0.881. The van der Waals surface area contributed by atoms with E-state index in [0.717, 1.165) is 0 Å². The summed E-state index contributed by atoms with van der Waals surface area (Å²) in [5.41, 5.74) is -3.63. The van der Waals surface area contributed by atoms with Gasteiger partial charge in [-0.05, 0) is 19.1 Å². The number of rotatable bonds is 2. The third kappa shape index (κ3) is 2.88. The SMILES string of the molecule is C[C@@](O)(C(=O)Nc1cccc(Cl)c1Cl)C(F)(F)F. The number of nitrogens with one attached hydrogen (secondary N) is 1. The van der Waals surface area contributed by atoms with Crippen molar-refractivity contribution in [2.24, 2.45) is 0 Å². The summed E-state index contributed by atoms with van der Waals surface area (Å²) in [4.78, 5) is 11.4. The molecule has 0 heterocycles. The molecule has 0 spiro atoms. The van der Waals surface area contributed by atoms with Gasteiger partial charge in [0.1, 0.15) is 0 Å². The van der Waals surface area contributed by atoms with Gasteiger partial charge in [-0.2, -0.15) is 13.2 Å². The Morgan fingerprint density at radius 2 is 1.89 bits per heavy atom. The smallest absolute Gasteiger partial charge is 0.373 e. The van der Waals surface area contributed by atoms with Crippen molar-refractivity contribution in [1.82, 2.24) is 0 Å². The fourth-order valence-electron chi connectivity index (χ4n) is 0.973. The van der Waals surface area contributed by atoms with Gasteiger partial charge in [0.15, 0.2) is 0 Å². The summed E-state index contributed by atoms with van der Waals surface area (Å²) in [5, 5.41) is 11.0. The van der Waals surface area contributed by atoms with E-state index in [0.29, 0.717) is 6.92 Å². The lowest BCUT2D eigenvalue weighted by Crippen LogP contribution is -2.52. The molecule has 1 atom stereocenters. The summed E-state index contributed by atoms with van der Waals surface area (Å²) in [6, 6.07) is 4.06. The van der Waals surface area contributed by atoms with Crippen LogP contribution in [0.15, 0.2) is 18.2 Å². The maximum Gasteiger partial charge on any atom is 0.426 e. The van der Waals surface area contributed by atoms with Gasteiger partial charge >= 0.3 is 6.18 Å². The highest BCUT2D eigenvalue weighted by Gasteiger charge is 2.55. The summed E-state index contributed by atoms with van der Waals surface area (Å²) in [6.07, 6.45) is -5.10. The van der Waals surface area contributed by atoms with Gasteiger partial charge in [0, 0.05) is 0 Å². The first-order chi connectivity index (χ1) is 8.07. The van der Waals surface area contributed by atoms with Gasteiger partial charge in [-0.3, -0.25) is 4.79 Å². The van der Waals surface area contributed by atoms with Crippen molar-refractivity contribution in [2.45, 2.75) is 18.7 Å². The van der Waals surface area contributed by atoms with Crippen LogP contribution in [0.1, 0.15) is 6.92 Å². The molecule has 0 aliphatic heterocycles. The molecule has 1 aromatic rings. The Bertz CT molecular complexity index is 475. The van der Waals surface area contributed by atoms with E-state index in [1.54, 1.807) is 0 Å². The molecule has 100 valence electrons. The Balaban J connectivity index is 2.99. The molecule has 1 aromatic carbocycles. The Labute approximate surface area is 110 Å². The van der Waals surface area contributed by atoms with Gasteiger partial charge < -0.3 is 10.4 Å². The standard InChI is InChI=1S/C10H8Cl2F3NO2/c1-9(18,10(13,14)15)8(17)16-6-4-2-3-5(11)7(6)12/h2-4,18H,1H3,(H,16,17)/t9-/m1/s1. The number of hydrogen-bond acceptors (Lipinski definition) is 2. The van der Waals surface area contributed by atoms with Gasteiger partial charge in [0.05, 0.1) is 15.7 Å². The fourth-order valence-corrected chi connectivity index (χ4v) is 1.32. The van der Waals surface area contributed by atoms with Crippen LogP contribution < -0.4 is 5.32 Å². The highest BCUT2D eigenvalue weighted by atomic mass is 35.5. The van der Waals surface area contributed by atoms with E-state index in [1.165, 1.54) is 18.2 Å². The van der Waals surface area contributed by atoms with Gasteiger partial charge in [-0.25, -0.2) is 0 Å². The number of carbonyl (C=O) groups excluding carboxylic acids is 1. The summed E-state index contributed by atoms with van der Waals surface area (Å²) >= 11 is 11.3. The number of carbonyl (C=O) groups is 1. The minimum atomic E-state index is -5.10. The van der Waals surface area contributed by atoms with Crippen molar-refractivity contribution in [1.29, 1.82) is 0 Å². The average molecular weight is 302 g/mol. The van der Waals surface area contributed by atoms with Crippen molar-refractivity contribution in [3.8, 4) is 0 Å². The predicted molar refractivity (Wildman–Crippen MR) is 61.8 cm³/mol. The number of halogens is 5. The molecule has 0 radical (unpaired) electrons. The van der Waals surface area contributed by atoms with Crippen LogP contribution in [0, 0.1) is 0 Å². The molecular weight excluding hydrogens is 294 g/mol. The van der Waals surface area contributed by atoms with Gasteiger partial charge in [-0.1, -0.05) is 29.3 Å². The van der Waals surface area contributed by atoms with Crippen LogP contribution in [-0.4, -0.2) is 22.8 Å². The summed E-state index contributed by atoms with van der Waals surface area (Å²) in [6.45, 7) is 0.348. The Morgan fingerprint density at radius 1 is 1.33 bits per heavy atom. The van der Waals surface area contributed by atoms with E-state index < -0.39 is 17.7 Å². The lowest BCUT2D eigenvalue weighted by atomic mass is 10.1. The van der Waals surface area contributed by atoms with Crippen LogP contribution in [0.2, 0.25) is 10.0 Å². The number of amides is 1. The summed E-state index contributed by atoms with van der Waals surface area (Å²) in [7, 11) is 0. The average Bonchev–Trinajstić information content (AvgIpc) is 2.23. The number of anilines is 1. The van der Waals surface area contributed by atoms with Crippen molar-refractivity contribution in [2.75, 3.05) is 5.32 Å². The molecule has 0 aromatic heterocycles. The molecule has 0 aliphatic carbocycles. The number of aliphatic hydroxyl groups is 1. The van der Waals surface area contributed by atoms with Crippen molar-refractivity contribution >= 4 is 34.8 Å². The van der Waals surface area contributed by atoms with Crippen molar-refractivity contribution < 1.29 is 23.1 Å². The van der Waals surface area contributed by atoms with Gasteiger partial charge in [0.25, 0.3) is 5.91 Å². The Morgan fingerprint density at radius 3 is 2.39 bits per heavy atom. The monoisotopic (exact) mass is 301 g/mol. The molecule has 2 N–H and O–H groups in total. The van der Waals surface area contributed by atoms with Crippen LogP contribution in [0.25, 0.3) is 0 Å². The van der Waals surface area contributed by atoms with E-state index in [9.17, 15) is 18.0 Å². The lowest BCUT2D eigenvalue weighted by Gasteiger charge is -2.25. The Hall–Kier alpha value is -0.980. The van der Waals surface area contributed by atoms with E-state index in [4.69, 9.17) is 28.3 Å². The normalized spacial score (nSPS) is 15.1. The molecule has 1 amide bonds. The Kier molecular flexibility index (Phi) is 4.15. The van der Waals surface area contributed by atoms with E-state index in [1.807, 2.05) is 5.32 Å².